The molecule has 0 amide bonds. The van der Waals surface area contributed by atoms with E-state index in [9.17, 15) is 0 Å². The van der Waals surface area contributed by atoms with Crippen molar-refractivity contribution in [2.45, 2.75) is 11.3 Å². The maximum Gasteiger partial charge on any atom is 0.0662 e. The molecule has 2 aliphatic heterocycles. The van der Waals surface area contributed by atoms with Gasteiger partial charge in [-0.3, -0.25) is 10.4 Å². The number of nitrogens with one attached hydrogen (secondary N) is 1. The Hall–Kier alpha value is -1.55. The molecule has 0 unspecified atom stereocenters. The third-order valence-electron chi connectivity index (χ3n) is 3.92. The van der Waals surface area contributed by atoms with E-state index >= 15 is 0 Å². The third kappa shape index (κ3) is 2.97. The summed E-state index contributed by atoms with van der Waals surface area (Å²) in [6.45, 7) is 0. The Balaban J connectivity index is 1.74. The molecule has 116 valence electrons. The van der Waals surface area contributed by atoms with Crippen molar-refractivity contribution in [3.63, 3.8) is 0 Å². The van der Waals surface area contributed by atoms with Gasteiger partial charge in [0, 0.05) is 32.5 Å². The fourth-order valence-electron chi connectivity index (χ4n) is 2.77. The highest BCUT2D eigenvalue weighted by Gasteiger charge is 2.21. The van der Waals surface area contributed by atoms with Crippen LogP contribution in [0, 0.1) is 0 Å². The van der Waals surface area contributed by atoms with Crippen LogP contribution >= 0.6 is 35.0 Å². The van der Waals surface area contributed by atoms with Gasteiger partial charge in [0.2, 0.25) is 0 Å². The number of nitrogens with zero attached hydrogens (tertiary/aromatic N) is 1. The highest BCUT2D eigenvalue weighted by Crippen LogP contribution is 2.38. The molecule has 0 aromatic heterocycles. The Kier molecular flexibility index (Phi) is 4.02. The van der Waals surface area contributed by atoms with Crippen LogP contribution in [0.4, 0.5) is 5.69 Å². The van der Waals surface area contributed by atoms with E-state index in [1.807, 2.05) is 53.2 Å². The zero-order chi connectivity index (χ0) is 15.8. The Bertz CT molecular complexity index is 812. The number of halogens is 2. The van der Waals surface area contributed by atoms with Crippen molar-refractivity contribution >= 4 is 46.3 Å². The van der Waals surface area contributed by atoms with Crippen LogP contribution in [0.5, 0.6) is 0 Å². The molecule has 0 radical (unpaired) electrons. The van der Waals surface area contributed by atoms with Crippen LogP contribution in [0.3, 0.4) is 0 Å². The van der Waals surface area contributed by atoms with Crippen LogP contribution in [0.15, 0.2) is 65.2 Å². The molecule has 23 heavy (non-hydrogen) atoms. The second-order valence-corrected chi connectivity index (χ2v) is 7.42. The van der Waals surface area contributed by atoms with E-state index in [-0.39, 0.29) is 0 Å². The molecular weight excluding hydrogens is 347 g/mol. The lowest BCUT2D eigenvalue weighted by molar-refractivity contribution is 0.868. The van der Waals surface area contributed by atoms with E-state index in [0.717, 1.165) is 33.6 Å². The molecule has 5 heteroatoms. The SMILES string of the molecule is Clc1ccc(N2C=CC3=C(N2)c2cc(Cl)ccc2SCC3)cc1. The van der Waals surface area contributed by atoms with E-state index in [1.54, 1.807) is 0 Å². The fourth-order valence-corrected chi connectivity index (χ4v) is 4.09. The van der Waals surface area contributed by atoms with Crippen LogP contribution in [-0.4, -0.2) is 5.75 Å². The number of allylic oxidation sites excluding steroid dienone is 2. The fraction of sp³-hybridized carbons (Fsp3) is 0.111. The second kappa shape index (κ2) is 6.16. The molecule has 0 saturated heterocycles. The largest absolute Gasteiger partial charge is 0.293 e. The number of fused-ring (bicyclic) bond motifs is 2. The number of hydrogen-bond acceptors (Lipinski definition) is 3. The molecule has 1 N–H and O–H groups in total. The quantitative estimate of drug-likeness (QED) is 0.697. The molecule has 0 bridgehead atoms. The highest BCUT2D eigenvalue weighted by atomic mass is 35.5. The van der Waals surface area contributed by atoms with Gasteiger partial charge in [-0.1, -0.05) is 23.2 Å². The summed E-state index contributed by atoms with van der Waals surface area (Å²) < 4.78 is 0. The molecule has 0 spiro atoms. The number of rotatable bonds is 1. The van der Waals surface area contributed by atoms with Crippen molar-refractivity contribution in [2.75, 3.05) is 10.8 Å². The first-order valence-electron chi connectivity index (χ1n) is 7.36. The topological polar surface area (TPSA) is 15.3 Å². The Morgan fingerprint density at radius 1 is 1.00 bits per heavy atom. The number of hydrazine groups is 1. The van der Waals surface area contributed by atoms with Gasteiger partial charge in [-0.2, -0.15) is 0 Å². The molecule has 2 nitrogen and oxygen atoms in total. The van der Waals surface area contributed by atoms with Crippen molar-refractivity contribution in [3.05, 3.63) is 75.9 Å². The van der Waals surface area contributed by atoms with Crippen molar-refractivity contribution in [1.29, 1.82) is 0 Å². The van der Waals surface area contributed by atoms with Crippen LogP contribution in [0.25, 0.3) is 5.70 Å². The number of benzene rings is 2. The van der Waals surface area contributed by atoms with Gasteiger partial charge in [0.15, 0.2) is 0 Å². The monoisotopic (exact) mass is 360 g/mol. The van der Waals surface area contributed by atoms with Gasteiger partial charge in [0.25, 0.3) is 0 Å². The zero-order valence-electron chi connectivity index (χ0n) is 12.2. The lowest BCUT2D eigenvalue weighted by atomic mass is 10.0. The van der Waals surface area contributed by atoms with Gasteiger partial charge in [0.05, 0.1) is 11.4 Å². The van der Waals surface area contributed by atoms with E-state index in [0.29, 0.717) is 0 Å². The molecule has 2 aliphatic rings. The lowest BCUT2D eigenvalue weighted by Crippen LogP contribution is -2.34. The van der Waals surface area contributed by atoms with Gasteiger partial charge in [0.1, 0.15) is 0 Å². The molecule has 0 fully saturated rings. The minimum absolute atomic E-state index is 0.734. The molecule has 2 aromatic rings. The van der Waals surface area contributed by atoms with Gasteiger partial charge < -0.3 is 0 Å². The molecule has 0 atom stereocenters. The van der Waals surface area contributed by atoms with Crippen molar-refractivity contribution in [3.8, 4) is 0 Å². The van der Waals surface area contributed by atoms with Gasteiger partial charge in [-0.05, 0) is 60.5 Å². The van der Waals surface area contributed by atoms with Gasteiger partial charge in [-0.15, -0.1) is 11.8 Å². The molecule has 2 aromatic carbocycles. The van der Waals surface area contributed by atoms with Crippen molar-refractivity contribution in [2.24, 2.45) is 0 Å². The van der Waals surface area contributed by atoms with Gasteiger partial charge in [-0.25, -0.2) is 0 Å². The maximum absolute atomic E-state index is 6.23. The van der Waals surface area contributed by atoms with Crippen LogP contribution in [0.2, 0.25) is 10.0 Å². The molecule has 0 aliphatic carbocycles. The van der Waals surface area contributed by atoms with Crippen molar-refractivity contribution in [1.82, 2.24) is 5.43 Å². The highest BCUT2D eigenvalue weighted by molar-refractivity contribution is 7.99. The first-order chi connectivity index (χ1) is 11.2. The normalized spacial score (nSPS) is 16.5. The van der Waals surface area contributed by atoms with Gasteiger partial charge >= 0.3 is 0 Å². The van der Waals surface area contributed by atoms with E-state index in [1.165, 1.54) is 16.0 Å². The van der Waals surface area contributed by atoms with Crippen LogP contribution < -0.4 is 10.4 Å². The zero-order valence-corrected chi connectivity index (χ0v) is 14.6. The summed E-state index contributed by atoms with van der Waals surface area (Å²) in [4.78, 5) is 1.26. The lowest BCUT2D eigenvalue weighted by Gasteiger charge is -2.29. The average Bonchev–Trinajstić information content (AvgIpc) is 2.74. The number of thioether (sulfide) groups is 1. The number of hydrogen-bond donors (Lipinski definition) is 1. The molecule has 4 rings (SSSR count). The van der Waals surface area contributed by atoms with E-state index in [2.05, 4.69) is 23.8 Å². The Morgan fingerprint density at radius 2 is 1.78 bits per heavy atom. The first-order valence-corrected chi connectivity index (χ1v) is 9.10. The molecule has 2 heterocycles. The minimum atomic E-state index is 0.734. The minimum Gasteiger partial charge on any atom is -0.293 e. The average molecular weight is 361 g/mol. The Labute approximate surface area is 149 Å². The summed E-state index contributed by atoms with van der Waals surface area (Å²) in [7, 11) is 0. The summed E-state index contributed by atoms with van der Waals surface area (Å²) >= 11 is 14.1. The predicted molar refractivity (Wildman–Crippen MR) is 99.9 cm³/mol. The predicted octanol–water partition coefficient (Wildman–Crippen LogP) is 5.74. The van der Waals surface area contributed by atoms with Crippen molar-refractivity contribution < 1.29 is 0 Å². The van der Waals surface area contributed by atoms with E-state index in [4.69, 9.17) is 23.2 Å². The Morgan fingerprint density at radius 3 is 2.61 bits per heavy atom. The molecule has 0 saturated carbocycles. The smallest absolute Gasteiger partial charge is 0.0662 e. The van der Waals surface area contributed by atoms with E-state index < -0.39 is 0 Å². The standard InChI is InChI=1S/C18H14Cl2N2S/c19-13-1-4-15(5-2-13)22-9-7-12-8-10-23-17-6-3-14(20)11-16(17)18(12)21-22/h1-7,9,11,21H,8,10H2. The summed E-state index contributed by atoms with van der Waals surface area (Å²) in [6, 6.07) is 13.9. The second-order valence-electron chi connectivity index (χ2n) is 5.41. The number of anilines is 1. The third-order valence-corrected chi connectivity index (χ3v) is 5.49. The van der Waals surface area contributed by atoms with Crippen LogP contribution in [0.1, 0.15) is 12.0 Å². The summed E-state index contributed by atoms with van der Waals surface area (Å²) in [5.41, 5.74) is 8.17. The summed E-state index contributed by atoms with van der Waals surface area (Å²) in [6.07, 6.45) is 5.27. The maximum atomic E-state index is 6.23. The molecular formula is C18H14Cl2N2S. The van der Waals surface area contributed by atoms with Crippen LogP contribution in [-0.2, 0) is 0 Å². The summed E-state index contributed by atoms with van der Waals surface area (Å²) in [5.74, 6) is 1.07. The summed E-state index contributed by atoms with van der Waals surface area (Å²) in [5, 5.41) is 3.50. The first kappa shape index (κ1) is 15.0.